The maximum atomic E-state index is 9.62. The molecular formula is C13H20O3. The van der Waals surface area contributed by atoms with Gasteiger partial charge < -0.3 is 14.9 Å². The largest absolute Gasteiger partial charge is 0.493 e. The van der Waals surface area contributed by atoms with Crippen LogP contribution >= 0.6 is 0 Å². The first kappa shape index (κ1) is 13.0. The normalized spacial score (nSPS) is 14.6. The molecule has 3 heteroatoms. The second-order valence-electron chi connectivity index (χ2n) is 4.32. The minimum Gasteiger partial charge on any atom is -0.493 e. The van der Waals surface area contributed by atoms with Crippen LogP contribution in [-0.2, 0) is 0 Å². The van der Waals surface area contributed by atoms with Crippen LogP contribution in [0.4, 0.5) is 0 Å². The zero-order valence-electron chi connectivity index (χ0n) is 10.1. The van der Waals surface area contributed by atoms with E-state index in [-0.39, 0.29) is 12.5 Å². The molecule has 0 aliphatic rings. The Hall–Kier alpha value is -1.06. The van der Waals surface area contributed by atoms with Crippen LogP contribution < -0.4 is 4.74 Å². The van der Waals surface area contributed by atoms with E-state index in [9.17, 15) is 5.11 Å². The van der Waals surface area contributed by atoms with Gasteiger partial charge in [-0.1, -0.05) is 18.6 Å². The molecule has 3 nitrogen and oxygen atoms in total. The van der Waals surface area contributed by atoms with Crippen LogP contribution in [-0.4, -0.2) is 23.4 Å². The summed E-state index contributed by atoms with van der Waals surface area (Å²) in [4.78, 5) is 0. The van der Waals surface area contributed by atoms with E-state index in [2.05, 4.69) is 0 Å². The lowest BCUT2D eigenvalue weighted by Crippen LogP contribution is -2.13. The van der Waals surface area contributed by atoms with Crippen molar-refractivity contribution in [1.29, 1.82) is 0 Å². The molecule has 0 fully saturated rings. The topological polar surface area (TPSA) is 49.7 Å². The predicted molar refractivity (Wildman–Crippen MR) is 63.6 cm³/mol. The highest BCUT2D eigenvalue weighted by atomic mass is 16.5. The van der Waals surface area contributed by atoms with Gasteiger partial charge in [0.05, 0.1) is 12.7 Å². The standard InChI is InChI=1S/C13H20O3/c1-9-4-5-13(12(6-9)11(3)15)16-8-10(2)7-14/h4-6,10-11,14-15H,7-8H2,1-3H3. The van der Waals surface area contributed by atoms with Crippen molar-refractivity contribution in [3.05, 3.63) is 29.3 Å². The van der Waals surface area contributed by atoms with E-state index >= 15 is 0 Å². The van der Waals surface area contributed by atoms with Gasteiger partial charge in [0.25, 0.3) is 0 Å². The second-order valence-corrected chi connectivity index (χ2v) is 4.32. The summed E-state index contributed by atoms with van der Waals surface area (Å²) in [5.41, 5.74) is 1.89. The summed E-state index contributed by atoms with van der Waals surface area (Å²) in [5, 5.41) is 18.5. The Morgan fingerprint density at radius 2 is 2.00 bits per heavy atom. The number of hydrogen-bond donors (Lipinski definition) is 2. The summed E-state index contributed by atoms with van der Waals surface area (Å²) < 4.78 is 5.59. The van der Waals surface area contributed by atoms with Crippen LogP contribution in [0.15, 0.2) is 18.2 Å². The smallest absolute Gasteiger partial charge is 0.125 e. The molecule has 0 spiro atoms. The van der Waals surface area contributed by atoms with Crippen LogP contribution in [0.2, 0.25) is 0 Å². The number of aryl methyl sites for hydroxylation is 1. The number of rotatable bonds is 5. The van der Waals surface area contributed by atoms with Crippen molar-refractivity contribution in [2.75, 3.05) is 13.2 Å². The fourth-order valence-corrected chi connectivity index (χ4v) is 1.41. The molecule has 0 bridgehead atoms. The van der Waals surface area contributed by atoms with Crippen LogP contribution in [0.25, 0.3) is 0 Å². The molecule has 2 N–H and O–H groups in total. The van der Waals surface area contributed by atoms with Gasteiger partial charge in [-0.3, -0.25) is 0 Å². The number of benzene rings is 1. The number of aliphatic hydroxyl groups excluding tert-OH is 2. The summed E-state index contributed by atoms with van der Waals surface area (Å²) in [5.74, 6) is 0.795. The van der Waals surface area contributed by atoms with E-state index in [1.807, 2.05) is 32.0 Å². The van der Waals surface area contributed by atoms with E-state index in [1.165, 1.54) is 0 Å². The van der Waals surface area contributed by atoms with E-state index in [1.54, 1.807) is 6.92 Å². The Labute approximate surface area is 96.7 Å². The first-order valence-electron chi connectivity index (χ1n) is 5.57. The lowest BCUT2D eigenvalue weighted by Gasteiger charge is -2.16. The Bertz CT molecular complexity index is 334. The van der Waals surface area contributed by atoms with Gasteiger partial charge in [-0.15, -0.1) is 0 Å². The number of aliphatic hydroxyl groups is 2. The van der Waals surface area contributed by atoms with Crippen LogP contribution in [0.3, 0.4) is 0 Å². The molecular weight excluding hydrogens is 204 g/mol. The van der Waals surface area contributed by atoms with Gasteiger partial charge in [0, 0.05) is 18.1 Å². The minimum atomic E-state index is -0.542. The zero-order valence-corrected chi connectivity index (χ0v) is 10.1. The summed E-state index contributed by atoms with van der Waals surface area (Å²) >= 11 is 0. The highest BCUT2D eigenvalue weighted by Crippen LogP contribution is 2.26. The van der Waals surface area contributed by atoms with Crippen molar-refractivity contribution >= 4 is 0 Å². The fourth-order valence-electron chi connectivity index (χ4n) is 1.41. The molecule has 0 aliphatic carbocycles. The van der Waals surface area contributed by atoms with Gasteiger partial charge in [0.2, 0.25) is 0 Å². The lowest BCUT2D eigenvalue weighted by atomic mass is 10.1. The van der Waals surface area contributed by atoms with Crippen molar-refractivity contribution in [1.82, 2.24) is 0 Å². The van der Waals surface area contributed by atoms with Crippen molar-refractivity contribution < 1.29 is 14.9 Å². The third kappa shape index (κ3) is 3.51. The van der Waals surface area contributed by atoms with Gasteiger partial charge in [-0.05, 0) is 26.0 Å². The molecule has 0 aromatic heterocycles. The first-order valence-corrected chi connectivity index (χ1v) is 5.57. The van der Waals surface area contributed by atoms with E-state index in [0.717, 1.165) is 11.1 Å². The Kier molecular flexibility index (Phi) is 4.77. The molecule has 0 heterocycles. The highest BCUT2D eigenvalue weighted by molar-refractivity contribution is 5.38. The molecule has 90 valence electrons. The van der Waals surface area contributed by atoms with E-state index in [4.69, 9.17) is 9.84 Å². The molecule has 0 radical (unpaired) electrons. The van der Waals surface area contributed by atoms with Crippen molar-refractivity contribution in [2.45, 2.75) is 26.9 Å². The van der Waals surface area contributed by atoms with Crippen LogP contribution in [0.1, 0.15) is 31.1 Å². The summed E-state index contributed by atoms with van der Waals surface area (Å²) in [6.45, 7) is 6.18. The second kappa shape index (κ2) is 5.87. The maximum Gasteiger partial charge on any atom is 0.125 e. The average Bonchev–Trinajstić information content (AvgIpc) is 2.26. The molecule has 0 saturated heterocycles. The maximum absolute atomic E-state index is 9.62. The Morgan fingerprint density at radius 1 is 1.31 bits per heavy atom. The van der Waals surface area contributed by atoms with Gasteiger partial charge in [0.1, 0.15) is 5.75 Å². The highest BCUT2D eigenvalue weighted by Gasteiger charge is 2.10. The van der Waals surface area contributed by atoms with Crippen molar-refractivity contribution in [3.8, 4) is 5.75 Å². The van der Waals surface area contributed by atoms with Crippen LogP contribution in [0.5, 0.6) is 5.75 Å². The molecule has 1 aromatic rings. The molecule has 1 aromatic carbocycles. The van der Waals surface area contributed by atoms with Gasteiger partial charge >= 0.3 is 0 Å². The Balaban J connectivity index is 2.78. The molecule has 2 unspecified atom stereocenters. The van der Waals surface area contributed by atoms with Gasteiger partial charge in [-0.2, -0.15) is 0 Å². The third-order valence-electron chi connectivity index (χ3n) is 2.45. The minimum absolute atomic E-state index is 0.100. The molecule has 0 aliphatic heterocycles. The summed E-state index contributed by atoms with van der Waals surface area (Å²) in [6, 6.07) is 5.73. The molecule has 16 heavy (non-hydrogen) atoms. The fraction of sp³-hybridized carbons (Fsp3) is 0.538. The average molecular weight is 224 g/mol. The van der Waals surface area contributed by atoms with Gasteiger partial charge in [-0.25, -0.2) is 0 Å². The monoisotopic (exact) mass is 224 g/mol. The molecule has 0 saturated carbocycles. The predicted octanol–water partition coefficient (Wildman–Crippen LogP) is 2.06. The molecule has 2 atom stereocenters. The molecule has 1 rings (SSSR count). The van der Waals surface area contributed by atoms with Crippen LogP contribution in [0, 0.1) is 12.8 Å². The van der Waals surface area contributed by atoms with Crippen molar-refractivity contribution in [2.24, 2.45) is 5.92 Å². The first-order chi connectivity index (χ1) is 7.54. The summed E-state index contributed by atoms with van der Waals surface area (Å²) in [7, 11) is 0. The number of ether oxygens (including phenoxy) is 1. The van der Waals surface area contributed by atoms with E-state index in [0.29, 0.717) is 12.4 Å². The summed E-state index contributed by atoms with van der Waals surface area (Å²) in [6.07, 6.45) is -0.542. The van der Waals surface area contributed by atoms with Crippen molar-refractivity contribution in [3.63, 3.8) is 0 Å². The Morgan fingerprint density at radius 3 is 2.56 bits per heavy atom. The third-order valence-corrected chi connectivity index (χ3v) is 2.45. The number of hydrogen-bond acceptors (Lipinski definition) is 3. The zero-order chi connectivity index (χ0) is 12.1. The lowest BCUT2D eigenvalue weighted by molar-refractivity contribution is 0.163. The molecule has 0 amide bonds. The van der Waals surface area contributed by atoms with E-state index < -0.39 is 6.10 Å². The SMILES string of the molecule is Cc1ccc(OCC(C)CO)c(C(C)O)c1. The quantitative estimate of drug-likeness (QED) is 0.804. The van der Waals surface area contributed by atoms with Gasteiger partial charge in [0.15, 0.2) is 0 Å².